The van der Waals surface area contributed by atoms with Gasteiger partial charge in [-0.25, -0.2) is 0 Å². The molecular formula is C18H17Cl3N2O4. The first-order valence-electron chi connectivity index (χ1n) is 7.86. The lowest BCUT2D eigenvalue weighted by Gasteiger charge is -2.27. The third kappa shape index (κ3) is 5.19. The molecule has 0 saturated heterocycles. The number of aldehydes is 1. The Hall–Kier alpha value is -2.15. The van der Waals surface area contributed by atoms with Crippen molar-refractivity contribution in [3.8, 4) is 11.5 Å². The zero-order valence-corrected chi connectivity index (χ0v) is 16.3. The molecule has 1 unspecified atom stereocenters. The van der Waals surface area contributed by atoms with E-state index >= 15 is 0 Å². The van der Waals surface area contributed by atoms with Crippen LogP contribution < -0.4 is 10.6 Å². The van der Waals surface area contributed by atoms with Gasteiger partial charge in [-0.05, 0) is 30.7 Å². The number of rotatable bonds is 8. The Morgan fingerprint density at radius 1 is 1.04 bits per heavy atom. The summed E-state index contributed by atoms with van der Waals surface area (Å²) in [5.41, 5.74) is -0.701. The van der Waals surface area contributed by atoms with Crippen LogP contribution in [0.3, 0.4) is 0 Å². The van der Waals surface area contributed by atoms with Gasteiger partial charge in [-0.1, -0.05) is 23.2 Å². The fourth-order valence-corrected chi connectivity index (χ4v) is 2.91. The molecule has 0 bridgehead atoms. The lowest BCUT2D eigenvalue weighted by atomic mass is 9.85. The molecule has 2 rings (SSSR count). The maximum Gasteiger partial charge on any atom is 0.239 e. The van der Waals surface area contributed by atoms with Crippen LogP contribution in [0.4, 0.5) is 11.4 Å². The third-order valence-electron chi connectivity index (χ3n) is 3.98. The summed E-state index contributed by atoms with van der Waals surface area (Å²) >= 11 is 17.3. The second-order valence-corrected chi connectivity index (χ2v) is 7.05. The monoisotopic (exact) mass is 430 g/mol. The number of hydrogen-bond donors (Lipinski definition) is 4. The summed E-state index contributed by atoms with van der Waals surface area (Å²) in [6.45, 7) is -0.0598. The van der Waals surface area contributed by atoms with Gasteiger partial charge in [0.05, 0.1) is 10.0 Å². The summed E-state index contributed by atoms with van der Waals surface area (Å²) in [4.78, 5) is 24.6. The van der Waals surface area contributed by atoms with E-state index in [-0.39, 0.29) is 46.1 Å². The number of anilines is 2. The molecule has 0 aliphatic carbocycles. The molecule has 27 heavy (non-hydrogen) atoms. The van der Waals surface area contributed by atoms with Gasteiger partial charge in [0.15, 0.2) is 0 Å². The number of carbonyl (C=O) groups excluding carboxylic acids is 2. The van der Waals surface area contributed by atoms with Crippen molar-refractivity contribution in [1.29, 1.82) is 0 Å². The van der Waals surface area contributed by atoms with Crippen LogP contribution in [0.25, 0.3) is 0 Å². The standard InChI is InChI=1S/C18H17Cl3N2O4/c19-6-5-18(10-24,9-22-11-1-3-13(20)15(25)7-11)17(27)23-12-2-4-14(21)16(26)8-12/h1-4,7-8,10,22,25-26H,5-6,9H2,(H,23,27). The highest BCUT2D eigenvalue weighted by molar-refractivity contribution is 6.32. The van der Waals surface area contributed by atoms with E-state index in [1.807, 2.05) is 0 Å². The lowest BCUT2D eigenvalue weighted by Crippen LogP contribution is -2.43. The first kappa shape index (κ1) is 21.2. The first-order chi connectivity index (χ1) is 12.8. The average Bonchev–Trinajstić information content (AvgIpc) is 2.64. The van der Waals surface area contributed by atoms with Gasteiger partial charge in [0.1, 0.15) is 23.2 Å². The number of carbonyl (C=O) groups is 2. The van der Waals surface area contributed by atoms with Gasteiger partial charge >= 0.3 is 0 Å². The Morgan fingerprint density at radius 3 is 2.11 bits per heavy atom. The maximum absolute atomic E-state index is 12.8. The van der Waals surface area contributed by atoms with E-state index in [0.717, 1.165) is 0 Å². The molecule has 0 spiro atoms. The molecule has 0 aliphatic heterocycles. The summed E-state index contributed by atoms with van der Waals surface area (Å²) in [7, 11) is 0. The van der Waals surface area contributed by atoms with Crippen LogP contribution in [0, 0.1) is 5.41 Å². The summed E-state index contributed by atoms with van der Waals surface area (Å²) in [6.07, 6.45) is 0.610. The van der Waals surface area contributed by atoms with Crippen LogP contribution in [0.2, 0.25) is 10.0 Å². The number of hydrogen-bond acceptors (Lipinski definition) is 5. The summed E-state index contributed by atoms with van der Waals surface area (Å²) in [6, 6.07) is 8.68. The van der Waals surface area contributed by atoms with Crippen LogP contribution in [0.1, 0.15) is 6.42 Å². The highest BCUT2D eigenvalue weighted by atomic mass is 35.5. The number of benzene rings is 2. The minimum atomic E-state index is -1.47. The molecule has 0 saturated carbocycles. The van der Waals surface area contributed by atoms with E-state index in [9.17, 15) is 19.8 Å². The van der Waals surface area contributed by atoms with Crippen molar-refractivity contribution in [2.75, 3.05) is 23.1 Å². The number of alkyl halides is 1. The topological polar surface area (TPSA) is 98.7 Å². The fourth-order valence-electron chi connectivity index (χ4n) is 2.33. The van der Waals surface area contributed by atoms with Crippen LogP contribution in [-0.4, -0.2) is 34.8 Å². The average molecular weight is 432 g/mol. The van der Waals surface area contributed by atoms with Gasteiger partial charge in [0.25, 0.3) is 0 Å². The summed E-state index contributed by atoms with van der Waals surface area (Å²) in [5, 5.41) is 25.2. The Bertz CT molecular complexity index is 847. The molecule has 0 heterocycles. The Balaban J connectivity index is 2.20. The highest BCUT2D eigenvalue weighted by Gasteiger charge is 2.38. The molecule has 2 aromatic rings. The van der Waals surface area contributed by atoms with E-state index in [0.29, 0.717) is 12.0 Å². The molecule has 0 aliphatic rings. The molecule has 4 N–H and O–H groups in total. The molecule has 1 amide bonds. The third-order valence-corrected chi connectivity index (χ3v) is 4.80. The second-order valence-electron chi connectivity index (χ2n) is 5.85. The number of halogens is 3. The minimum absolute atomic E-state index is 0.0598. The quantitative estimate of drug-likeness (QED) is 0.284. The molecule has 6 nitrogen and oxygen atoms in total. The minimum Gasteiger partial charge on any atom is -0.506 e. The van der Waals surface area contributed by atoms with Crippen molar-refractivity contribution in [3.63, 3.8) is 0 Å². The molecule has 0 aromatic heterocycles. The van der Waals surface area contributed by atoms with Crippen molar-refractivity contribution in [2.24, 2.45) is 5.41 Å². The predicted molar refractivity (Wildman–Crippen MR) is 107 cm³/mol. The van der Waals surface area contributed by atoms with Gasteiger partial charge < -0.3 is 25.6 Å². The molecular weight excluding hydrogens is 415 g/mol. The second kappa shape index (κ2) is 9.17. The molecule has 0 fully saturated rings. The number of amides is 1. The van der Waals surface area contributed by atoms with Gasteiger partial charge in [0, 0.05) is 35.9 Å². The van der Waals surface area contributed by atoms with Gasteiger partial charge in [-0.3, -0.25) is 4.79 Å². The largest absolute Gasteiger partial charge is 0.506 e. The van der Waals surface area contributed by atoms with Crippen molar-refractivity contribution in [1.82, 2.24) is 0 Å². The van der Waals surface area contributed by atoms with Crippen LogP contribution in [-0.2, 0) is 9.59 Å². The normalized spacial score (nSPS) is 12.9. The molecule has 144 valence electrons. The maximum atomic E-state index is 12.8. The van der Waals surface area contributed by atoms with Crippen LogP contribution in [0.15, 0.2) is 36.4 Å². The van der Waals surface area contributed by atoms with Gasteiger partial charge in [0.2, 0.25) is 5.91 Å². The Labute approximate surface area is 171 Å². The van der Waals surface area contributed by atoms with Gasteiger partial charge in [-0.2, -0.15) is 0 Å². The number of phenolic OH excluding ortho intramolecular Hbond substituents is 2. The van der Waals surface area contributed by atoms with E-state index in [1.54, 1.807) is 6.07 Å². The van der Waals surface area contributed by atoms with E-state index in [4.69, 9.17) is 34.8 Å². The Kier molecular flexibility index (Phi) is 7.18. The summed E-state index contributed by atoms with van der Waals surface area (Å²) in [5.74, 6) is -0.841. The van der Waals surface area contributed by atoms with E-state index < -0.39 is 11.3 Å². The lowest BCUT2D eigenvalue weighted by molar-refractivity contribution is -0.131. The van der Waals surface area contributed by atoms with Gasteiger partial charge in [-0.15, -0.1) is 11.6 Å². The van der Waals surface area contributed by atoms with Crippen LogP contribution in [0.5, 0.6) is 11.5 Å². The van der Waals surface area contributed by atoms with Crippen LogP contribution >= 0.6 is 34.8 Å². The van der Waals surface area contributed by atoms with Crippen molar-refractivity contribution in [3.05, 3.63) is 46.4 Å². The fraction of sp³-hybridized carbons (Fsp3) is 0.222. The first-order valence-corrected chi connectivity index (χ1v) is 9.15. The zero-order valence-electron chi connectivity index (χ0n) is 14.0. The van der Waals surface area contributed by atoms with Crippen molar-refractivity contribution < 1.29 is 19.8 Å². The SMILES string of the molecule is O=CC(CCCl)(CNc1ccc(Cl)c(O)c1)C(=O)Nc1ccc(Cl)c(O)c1. The van der Waals surface area contributed by atoms with E-state index in [1.165, 1.54) is 30.3 Å². The zero-order chi connectivity index (χ0) is 20.0. The predicted octanol–water partition coefficient (Wildman–Crippen LogP) is 4.27. The smallest absolute Gasteiger partial charge is 0.239 e. The Morgan fingerprint density at radius 2 is 1.59 bits per heavy atom. The molecule has 0 radical (unpaired) electrons. The van der Waals surface area contributed by atoms with Crippen molar-refractivity contribution in [2.45, 2.75) is 6.42 Å². The number of aromatic hydroxyl groups is 2. The molecule has 9 heteroatoms. The molecule has 1 atom stereocenters. The summed E-state index contributed by atoms with van der Waals surface area (Å²) < 4.78 is 0. The number of phenols is 2. The molecule has 2 aromatic carbocycles. The van der Waals surface area contributed by atoms with E-state index in [2.05, 4.69) is 10.6 Å². The number of nitrogens with one attached hydrogen (secondary N) is 2. The highest BCUT2D eigenvalue weighted by Crippen LogP contribution is 2.30. The van der Waals surface area contributed by atoms with Crippen molar-refractivity contribution >= 4 is 58.4 Å².